The molecule has 1 aliphatic rings. The van der Waals surface area contributed by atoms with Crippen molar-refractivity contribution in [3.8, 4) is 0 Å². The summed E-state index contributed by atoms with van der Waals surface area (Å²) in [5, 5.41) is 2.40. The summed E-state index contributed by atoms with van der Waals surface area (Å²) in [5.74, 6) is 0.779. The fourth-order valence-electron chi connectivity index (χ4n) is 2.47. The lowest BCUT2D eigenvalue weighted by Gasteiger charge is -2.30. The highest BCUT2D eigenvalue weighted by atomic mass is 32.1. The predicted molar refractivity (Wildman–Crippen MR) is 83.5 cm³/mol. The Morgan fingerprint density at radius 2 is 1.89 bits per heavy atom. The van der Waals surface area contributed by atoms with Crippen LogP contribution in [0.4, 0.5) is 0 Å². The van der Waals surface area contributed by atoms with Crippen LogP contribution in [0.5, 0.6) is 0 Å². The van der Waals surface area contributed by atoms with E-state index in [4.69, 9.17) is 0 Å². The Kier molecular flexibility index (Phi) is 6.37. The third-order valence-corrected chi connectivity index (χ3v) is 4.48. The maximum Gasteiger partial charge on any atom is 0.0333 e. The molecule has 1 nitrogen and oxygen atoms in total. The van der Waals surface area contributed by atoms with Crippen LogP contribution in [0.2, 0.25) is 0 Å². The van der Waals surface area contributed by atoms with E-state index >= 15 is 0 Å². The van der Waals surface area contributed by atoms with Crippen molar-refractivity contribution in [2.75, 3.05) is 6.54 Å². The Hall–Kier alpha value is -0.340. The zero-order chi connectivity index (χ0) is 13.7. The van der Waals surface area contributed by atoms with E-state index in [0.29, 0.717) is 6.04 Å². The molecule has 0 bridgehead atoms. The quantitative estimate of drug-likeness (QED) is 0.764. The number of nitrogens with zero attached hydrogens (tertiary/aromatic N) is 1. The minimum absolute atomic E-state index is 0.684. The van der Waals surface area contributed by atoms with Gasteiger partial charge in [-0.1, -0.05) is 27.7 Å². The van der Waals surface area contributed by atoms with Crippen LogP contribution in [0.1, 0.15) is 57.5 Å². The lowest BCUT2D eigenvalue weighted by Crippen LogP contribution is -2.35. The standard InChI is InChI=1S/C14H23NS.C2H6/c1-10(2)7-12-9-16-14-8-15(11(3)4)6-5-13(12)14;1-2/h9-11H,5-8H2,1-4H3;1-2H3. The molecule has 1 aliphatic heterocycles. The summed E-state index contributed by atoms with van der Waals surface area (Å²) < 4.78 is 0. The molecule has 0 atom stereocenters. The second-order valence-corrected chi connectivity index (χ2v) is 6.54. The first kappa shape index (κ1) is 15.7. The number of hydrogen-bond donors (Lipinski definition) is 0. The first-order valence-corrected chi connectivity index (χ1v) is 8.28. The fourth-order valence-corrected chi connectivity index (χ4v) is 3.61. The van der Waals surface area contributed by atoms with Gasteiger partial charge >= 0.3 is 0 Å². The van der Waals surface area contributed by atoms with Crippen LogP contribution in [0.15, 0.2) is 5.38 Å². The van der Waals surface area contributed by atoms with Crippen LogP contribution in [-0.2, 0) is 19.4 Å². The Morgan fingerprint density at radius 3 is 2.44 bits per heavy atom. The minimum Gasteiger partial charge on any atom is -0.296 e. The molecular weight excluding hydrogens is 238 g/mol. The van der Waals surface area contributed by atoms with Gasteiger partial charge in [0.2, 0.25) is 0 Å². The maximum absolute atomic E-state index is 2.58. The molecule has 0 amide bonds. The summed E-state index contributed by atoms with van der Waals surface area (Å²) in [4.78, 5) is 4.20. The van der Waals surface area contributed by atoms with Gasteiger partial charge in [-0.15, -0.1) is 11.3 Å². The average Bonchev–Trinajstić information content (AvgIpc) is 2.73. The number of thiophene rings is 1. The van der Waals surface area contributed by atoms with Crippen LogP contribution in [0.25, 0.3) is 0 Å². The van der Waals surface area contributed by atoms with Crippen molar-refractivity contribution in [3.05, 3.63) is 21.4 Å². The smallest absolute Gasteiger partial charge is 0.0333 e. The topological polar surface area (TPSA) is 3.24 Å². The molecule has 0 aliphatic carbocycles. The third-order valence-electron chi connectivity index (χ3n) is 3.42. The predicted octanol–water partition coefficient (Wildman–Crippen LogP) is 4.74. The van der Waals surface area contributed by atoms with Gasteiger partial charge < -0.3 is 0 Å². The van der Waals surface area contributed by atoms with E-state index in [1.807, 2.05) is 25.2 Å². The summed E-state index contributed by atoms with van der Waals surface area (Å²) in [7, 11) is 0. The van der Waals surface area contributed by atoms with Gasteiger partial charge in [-0.05, 0) is 49.1 Å². The largest absolute Gasteiger partial charge is 0.296 e. The summed E-state index contributed by atoms with van der Waals surface area (Å²) in [6.07, 6.45) is 2.52. The molecule has 2 rings (SSSR count). The zero-order valence-electron chi connectivity index (χ0n) is 12.9. The second-order valence-electron chi connectivity index (χ2n) is 5.57. The van der Waals surface area contributed by atoms with Crippen LogP contribution in [-0.4, -0.2) is 17.5 Å². The molecule has 0 fully saturated rings. The normalized spacial score (nSPS) is 15.6. The van der Waals surface area contributed by atoms with Crippen molar-refractivity contribution in [1.82, 2.24) is 4.90 Å². The Bertz CT molecular complexity index is 352. The summed E-state index contributed by atoms with van der Waals surface area (Å²) in [6.45, 7) is 15.6. The van der Waals surface area contributed by atoms with Crippen LogP contribution in [0.3, 0.4) is 0 Å². The Labute approximate surface area is 117 Å². The van der Waals surface area contributed by atoms with E-state index in [1.54, 1.807) is 16.0 Å². The van der Waals surface area contributed by atoms with Gasteiger partial charge in [-0.25, -0.2) is 0 Å². The molecule has 0 spiro atoms. The van der Waals surface area contributed by atoms with Crippen molar-refractivity contribution in [1.29, 1.82) is 0 Å². The van der Waals surface area contributed by atoms with Gasteiger partial charge in [0, 0.05) is 24.0 Å². The van der Waals surface area contributed by atoms with Crippen molar-refractivity contribution < 1.29 is 0 Å². The van der Waals surface area contributed by atoms with Crippen LogP contribution >= 0.6 is 11.3 Å². The Balaban J connectivity index is 0.000000771. The van der Waals surface area contributed by atoms with Gasteiger partial charge in [-0.3, -0.25) is 4.90 Å². The van der Waals surface area contributed by atoms with E-state index in [-0.39, 0.29) is 0 Å². The van der Waals surface area contributed by atoms with Gasteiger partial charge in [0.05, 0.1) is 0 Å². The Morgan fingerprint density at radius 1 is 1.22 bits per heavy atom. The molecule has 0 N–H and O–H groups in total. The van der Waals surface area contributed by atoms with Crippen molar-refractivity contribution in [3.63, 3.8) is 0 Å². The summed E-state index contributed by atoms with van der Waals surface area (Å²) in [5.41, 5.74) is 3.30. The highest BCUT2D eigenvalue weighted by molar-refractivity contribution is 7.10. The van der Waals surface area contributed by atoms with Gasteiger partial charge in [-0.2, -0.15) is 0 Å². The fraction of sp³-hybridized carbons (Fsp3) is 0.750. The van der Waals surface area contributed by atoms with Crippen molar-refractivity contribution in [2.45, 2.75) is 67.0 Å². The van der Waals surface area contributed by atoms with Gasteiger partial charge in [0.15, 0.2) is 0 Å². The lowest BCUT2D eigenvalue weighted by atomic mass is 9.96. The monoisotopic (exact) mass is 267 g/mol. The van der Waals surface area contributed by atoms with Crippen molar-refractivity contribution >= 4 is 11.3 Å². The molecule has 0 unspecified atom stereocenters. The van der Waals surface area contributed by atoms with E-state index in [0.717, 1.165) is 5.92 Å². The first-order valence-electron chi connectivity index (χ1n) is 7.40. The third kappa shape index (κ3) is 3.83. The molecule has 1 aromatic rings. The molecule has 1 aromatic heterocycles. The molecule has 2 heteroatoms. The number of fused-ring (bicyclic) bond motifs is 1. The summed E-state index contributed by atoms with van der Waals surface area (Å²) >= 11 is 1.97. The zero-order valence-corrected chi connectivity index (χ0v) is 13.7. The molecule has 0 saturated heterocycles. The maximum atomic E-state index is 2.58. The molecule has 18 heavy (non-hydrogen) atoms. The van der Waals surface area contributed by atoms with Crippen LogP contribution < -0.4 is 0 Å². The van der Waals surface area contributed by atoms with Crippen molar-refractivity contribution in [2.24, 2.45) is 5.92 Å². The number of hydrogen-bond acceptors (Lipinski definition) is 2. The highest BCUT2D eigenvalue weighted by Crippen LogP contribution is 2.30. The lowest BCUT2D eigenvalue weighted by molar-refractivity contribution is 0.206. The molecule has 0 saturated carbocycles. The SMILES string of the molecule is CC.CC(C)Cc1csc2c1CCN(C(C)C)C2. The van der Waals surface area contributed by atoms with Gasteiger partial charge in [0.1, 0.15) is 0 Å². The summed E-state index contributed by atoms with van der Waals surface area (Å²) in [6, 6.07) is 0.684. The van der Waals surface area contributed by atoms with E-state index in [2.05, 4.69) is 38.0 Å². The molecule has 0 aromatic carbocycles. The van der Waals surface area contributed by atoms with Crippen LogP contribution in [0, 0.1) is 5.92 Å². The second kappa shape index (κ2) is 7.30. The van der Waals surface area contributed by atoms with E-state index < -0.39 is 0 Å². The van der Waals surface area contributed by atoms with Gasteiger partial charge in [0.25, 0.3) is 0 Å². The average molecular weight is 267 g/mol. The highest BCUT2D eigenvalue weighted by Gasteiger charge is 2.22. The first-order chi connectivity index (χ1) is 8.58. The molecule has 0 radical (unpaired) electrons. The van der Waals surface area contributed by atoms with E-state index in [1.165, 1.54) is 25.9 Å². The number of rotatable bonds is 3. The molecule has 104 valence electrons. The minimum atomic E-state index is 0.684. The molecule has 2 heterocycles. The molecular formula is C16H29NS. The van der Waals surface area contributed by atoms with E-state index in [9.17, 15) is 0 Å².